The van der Waals surface area contributed by atoms with Crippen LogP contribution in [0.1, 0.15) is 113 Å². The first-order chi connectivity index (χ1) is 24.6. The normalized spacial score (nSPS) is 12.7. The van der Waals surface area contributed by atoms with Crippen LogP contribution in [0.3, 0.4) is 0 Å². The number of hydrogen-bond donors (Lipinski definition) is 1. The molecule has 0 amide bonds. The first-order valence-corrected chi connectivity index (χ1v) is 19.1. The van der Waals surface area contributed by atoms with E-state index >= 15 is 0 Å². The van der Waals surface area contributed by atoms with Crippen LogP contribution < -0.4 is 0 Å². The number of nitrogens with zero attached hydrogens (tertiary/aromatic N) is 2. The smallest absolute Gasteiger partial charge is 0.223 e. The Morgan fingerprint density at radius 3 is 2.06 bits per heavy atom. The fourth-order valence-electron chi connectivity index (χ4n) is 6.97. The molecule has 0 atom stereocenters. The number of benzene rings is 4. The zero-order valence-corrected chi connectivity index (χ0v) is 35.9. The van der Waals surface area contributed by atoms with Gasteiger partial charge in [-0.15, -0.1) is 29.1 Å². The first-order valence-electron chi connectivity index (χ1n) is 19.1. The van der Waals surface area contributed by atoms with Gasteiger partial charge in [-0.3, -0.25) is 9.78 Å². The van der Waals surface area contributed by atoms with Crippen LogP contribution in [0.2, 0.25) is 0 Å². The van der Waals surface area contributed by atoms with Crippen LogP contribution >= 0.6 is 0 Å². The van der Waals surface area contributed by atoms with Gasteiger partial charge in [-0.05, 0) is 54.4 Å². The number of aliphatic hydroxyl groups excluding tert-OH is 1. The van der Waals surface area contributed by atoms with Gasteiger partial charge < -0.3 is 9.52 Å². The summed E-state index contributed by atoms with van der Waals surface area (Å²) in [4.78, 5) is 21.5. The predicted octanol–water partition coefficient (Wildman–Crippen LogP) is 13.3. The van der Waals surface area contributed by atoms with Crippen molar-refractivity contribution < 1.29 is 34.4 Å². The van der Waals surface area contributed by atoms with Crippen LogP contribution in [0, 0.1) is 22.8 Å². The second-order valence-corrected chi connectivity index (χ2v) is 16.4. The number of fused-ring (bicyclic) bond motifs is 6. The number of carbonyl (C=O) groups is 1. The van der Waals surface area contributed by atoms with Gasteiger partial charge in [0, 0.05) is 58.9 Å². The van der Waals surface area contributed by atoms with Gasteiger partial charge in [0.15, 0.2) is 5.78 Å². The van der Waals surface area contributed by atoms with E-state index in [1.54, 1.807) is 6.33 Å². The number of carbonyl (C=O) groups excluding carboxylic acids is 1. The zero-order chi connectivity index (χ0) is 38.0. The molecule has 5 nitrogen and oxygen atoms in total. The summed E-state index contributed by atoms with van der Waals surface area (Å²) in [5, 5.41) is 16.8. The number of rotatable bonds is 10. The molecule has 1 N–H and O–H groups in total. The maximum atomic E-state index is 12.2. The molecule has 1 radical (unpaired) electrons. The van der Waals surface area contributed by atoms with Crippen molar-refractivity contribution in [2.45, 2.75) is 114 Å². The standard InChI is InChI=1S/C32H29N2O.C15H28O2.Ir/c1-19(2)15-20-10-8-12-25-23(20)13-14-26-28-29(33-18-34-31(28)35-30(25)26)22-16-21-9-6-7-11-24(21)27(17-22)32(3,4)5;1-7-14(5,8-2)12(16)11-13(17)15(6,9-3)10-4;/h6-14,17-19H,15H2,1-5H3;11,16H,7-10H2,1-6H3;/q-1;;/b;12-11-;. The van der Waals surface area contributed by atoms with Gasteiger partial charge in [0.25, 0.3) is 0 Å². The molecule has 2 heterocycles. The number of allylic oxidation sites excluding steroid dienone is 2. The van der Waals surface area contributed by atoms with Gasteiger partial charge in [0.2, 0.25) is 5.71 Å². The predicted molar refractivity (Wildman–Crippen MR) is 219 cm³/mol. The third-order valence-electron chi connectivity index (χ3n) is 11.5. The van der Waals surface area contributed by atoms with E-state index < -0.39 is 0 Å². The van der Waals surface area contributed by atoms with Crippen molar-refractivity contribution >= 4 is 49.4 Å². The van der Waals surface area contributed by atoms with Crippen molar-refractivity contribution in [3.8, 4) is 11.3 Å². The summed E-state index contributed by atoms with van der Waals surface area (Å²) in [7, 11) is 0. The second-order valence-electron chi connectivity index (χ2n) is 16.4. The van der Waals surface area contributed by atoms with Gasteiger partial charge in [0.1, 0.15) is 17.7 Å². The van der Waals surface area contributed by atoms with Crippen molar-refractivity contribution in [2.75, 3.05) is 0 Å². The number of hydrogen-bond acceptors (Lipinski definition) is 5. The molecule has 53 heavy (non-hydrogen) atoms. The molecule has 0 fully saturated rings. The van der Waals surface area contributed by atoms with E-state index in [0.29, 0.717) is 11.6 Å². The molecule has 0 bridgehead atoms. The Balaban J connectivity index is 0.000000299. The van der Waals surface area contributed by atoms with Crippen LogP contribution in [0.5, 0.6) is 0 Å². The molecule has 0 saturated heterocycles. The topological polar surface area (TPSA) is 76.2 Å². The maximum Gasteiger partial charge on any atom is 0.223 e. The van der Waals surface area contributed by atoms with Crippen LogP contribution in [0.15, 0.2) is 83.2 Å². The van der Waals surface area contributed by atoms with Crippen LogP contribution in [0.4, 0.5) is 0 Å². The van der Waals surface area contributed by atoms with E-state index in [9.17, 15) is 9.90 Å². The zero-order valence-electron chi connectivity index (χ0n) is 33.5. The second kappa shape index (κ2) is 16.7. The van der Waals surface area contributed by atoms with Gasteiger partial charge in [-0.25, -0.2) is 4.98 Å². The maximum absolute atomic E-state index is 12.2. The Morgan fingerprint density at radius 1 is 0.811 bits per heavy atom. The number of furan rings is 1. The van der Waals surface area contributed by atoms with Crippen molar-refractivity contribution in [1.29, 1.82) is 0 Å². The van der Waals surface area contributed by atoms with E-state index in [-0.39, 0.29) is 47.9 Å². The van der Waals surface area contributed by atoms with E-state index in [4.69, 9.17) is 9.40 Å². The van der Waals surface area contributed by atoms with Gasteiger partial charge in [0.05, 0.1) is 0 Å². The number of aliphatic hydroxyl groups is 1. The molecule has 6 aromatic rings. The van der Waals surface area contributed by atoms with Crippen LogP contribution in [-0.4, -0.2) is 20.9 Å². The Hall–Kier alpha value is -3.86. The summed E-state index contributed by atoms with van der Waals surface area (Å²) in [6.07, 6.45) is 7.40. The van der Waals surface area contributed by atoms with E-state index in [1.165, 1.54) is 28.0 Å². The Morgan fingerprint density at radius 2 is 1.43 bits per heavy atom. The third kappa shape index (κ3) is 8.45. The van der Waals surface area contributed by atoms with E-state index in [2.05, 4.69) is 106 Å². The van der Waals surface area contributed by atoms with Crippen molar-refractivity contribution in [3.05, 3.63) is 96.0 Å². The van der Waals surface area contributed by atoms with Gasteiger partial charge in [-0.1, -0.05) is 136 Å². The summed E-state index contributed by atoms with van der Waals surface area (Å²) in [5.41, 5.74) is 5.34. The van der Waals surface area contributed by atoms with Crippen LogP contribution in [0.25, 0.3) is 54.9 Å². The molecular weight excluding hydrogens is 833 g/mol. The minimum atomic E-state index is -0.337. The summed E-state index contributed by atoms with van der Waals surface area (Å²) < 4.78 is 6.41. The van der Waals surface area contributed by atoms with E-state index in [1.807, 2.05) is 41.5 Å². The Labute approximate surface area is 330 Å². The fraction of sp³-hybridized carbons (Fsp3) is 0.426. The average molecular weight is 890 g/mol. The molecule has 2 aromatic heterocycles. The fourth-order valence-corrected chi connectivity index (χ4v) is 6.97. The number of ketones is 1. The first kappa shape index (κ1) is 41.9. The SMILES string of the molecule is CC(C)Cc1cccc2c1ccc1c2oc2ncnc(-c3[c-]c4ccccc4c(C(C)(C)C)c3)c21.CCC(C)(CC)C(=O)/C=C(\O)C(C)(CC)CC.[Ir]. The van der Waals surface area contributed by atoms with Crippen molar-refractivity contribution in [1.82, 2.24) is 9.97 Å². The monoisotopic (exact) mass is 890 g/mol. The molecule has 0 spiro atoms. The van der Waals surface area contributed by atoms with Crippen molar-refractivity contribution in [3.63, 3.8) is 0 Å². The molecule has 0 aliphatic heterocycles. The average Bonchev–Trinajstić information content (AvgIpc) is 3.53. The van der Waals surface area contributed by atoms with Gasteiger partial charge in [-0.2, -0.15) is 0 Å². The quantitative estimate of drug-likeness (QED) is 0.0842. The van der Waals surface area contributed by atoms with E-state index in [0.717, 1.165) is 70.5 Å². The summed E-state index contributed by atoms with van der Waals surface area (Å²) in [6, 6.07) is 25.3. The largest absolute Gasteiger partial charge is 0.512 e. The molecule has 283 valence electrons. The summed E-state index contributed by atoms with van der Waals surface area (Å²) >= 11 is 0. The number of aromatic nitrogens is 2. The van der Waals surface area contributed by atoms with Gasteiger partial charge >= 0.3 is 0 Å². The molecule has 6 rings (SSSR count). The van der Waals surface area contributed by atoms with Crippen LogP contribution in [-0.2, 0) is 36.7 Å². The molecule has 6 heteroatoms. The molecule has 0 saturated carbocycles. The Bertz CT molecular complexity index is 2250. The third-order valence-corrected chi connectivity index (χ3v) is 11.5. The summed E-state index contributed by atoms with van der Waals surface area (Å²) in [5.74, 6) is 0.874. The Kier molecular flexibility index (Phi) is 13.2. The molecule has 4 aromatic carbocycles. The molecular formula is C47H57IrN2O3-. The molecule has 0 aliphatic rings. The van der Waals surface area contributed by atoms with Crippen molar-refractivity contribution in [2.24, 2.45) is 16.7 Å². The summed E-state index contributed by atoms with van der Waals surface area (Å²) in [6.45, 7) is 23.4. The molecule has 0 unspecified atom stereocenters. The minimum Gasteiger partial charge on any atom is -0.512 e. The molecule has 0 aliphatic carbocycles. The minimum absolute atomic E-state index is 0.